The van der Waals surface area contributed by atoms with E-state index in [4.69, 9.17) is 0 Å². The molecule has 1 heterocycles. The molecule has 1 aromatic heterocycles. The fourth-order valence-corrected chi connectivity index (χ4v) is 5.48. The van der Waals surface area contributed by atoms with E-state index in [1.807, 2.05) is 11.3 Å². The Kier molecular flexibility index (Phi) is 7.53. The highest BCUT2D eigenvalue weighted by molar-refractivity contribution is 9.11. The summed E-state index contributed by atoms with van der Waals surface area (Å²) in [6.07, 6.45) is 9.91. The first-order valence-corrected chi connectivity index (χ1v) is 11.5. The predicted octanol–water partition coefficient (Wildman–Crippen LogP) is 7.38. The maximum absolute atomic E-state index is 10.4. The molecule has 140 valence electrons. The van der Waals surface area contributed by atoms with Crippen molar-refractivity contribution < 1.29 is 5.11 Å². The van der Waals surface area contributed by atoms with E-state index in [9.17, 15) is 5.11 Å². The Morgan fingerprint density at radius 1 is 1.19 bits per heavy atom. The number of unbranched alkanes of at least 4 members (excludes halogenated alkanes) is 2. The van der Waals surface area contributed by atoms with Gasteiger partial charge in [0.2, 0.25) is 0 Å². The zero-order valence-corrected chi connectivity index (χ0v) is 17.9. The van der Waals surface area contributed by atoms with Gasteiger partial charge < -0.3 is 5.11 Å². The van der Waals surface area contributed by atoms with Crippen LogP contribution in [0.25, 0.3) is 0 Å². The van der Waals surface area contributed by atoms with Crippen molar-refractivity contribution in [3.63, 3.8) is 0 Å². The number of aliphatic hydroxyl groups excluding tert-OH is 1. The zero-order chi connectivity index (χ0) is 18.4. The van der Waals surface area contributed by atoms with Crippen LogP contribution in [0.2, 0.25) is 0 Å². The number of aliphatic hydroxyl groups is 1. The normalized spacial score (nSPS) is 21.0. The van der Waals surface area contributed by atoms with Crippen LogP contribution < -0.4 is 0 Å². The summed E-state index contributed by atoms with van der Waals surface area (Å²) in [6, 6.07) is 13.1. The molecular weight excluding hydrogens is 404 g/mol. The molecule has 1 N–H and O–H groups in total. The fourth-order valence-electron chi connectivity index (χ4n) is 3.93. The Hall–Kier alpha value is -0.900. The lowest BCUT2D eigenvalue weighted by Gasteiger charge is -2.22. The molecule has 2 unspecified atom stereocenters. The average molecular weight is 433 g/mol. The van der Waals surface area contributed by atoms with Crippen LogP contribution >= 0.6 is 27.3 Å². The fraction of sp³-hybridized carbons (Fsp3) is 0.478. The minimum atomic E-state index is -0.326. The van der Waals surface area contributed by atoms with Crippen LogP contribution in [0.5, 0.6) is 0 Å². The number of hydrogen-bond acceptors (Lipinski definition) is 2. The molecular formula is C23H29BrOS. The van der Waals surface area contributed by atoms with Crippen LogP contribution in [0.3, 0.4) is 0 Å². The van der Waals surface area contributed by atoms with Crippen molar-refractivity contribution in [2.75, 3.05) is 0 Å². The average Bonchev–Trinajstić information content (AvgIpc) is 3.30. The Morgan fingerprint density at radius 2 is 2.00 bits per heavy atom. The zero-order valence-electron chi connectivity index (χ0n) is 15.5. The molecule has 0 fully saturated rings. The van der Waals surface area contributed by atoms with Gasteiger partial charge in [-0.05, 0) is 58.7 Å². The molecule has 0 saturated heterocycles. The molecule has 0 spiro atoms. The van der Waals surface area contributed by atoms with Gasteiger partial charge in [0.1, 0.15) is 0 Å². The first-order chi connectivity index (χ1) is 12.7. The standard InChI is InChI=1S/C23H29BrOS/c1-2-3-4-7-22(25)17-8-10-18(11-9-17)23-19(13-15-21(23)24)12-14-20-6-5-16-26-20/h5-6,8-11,15-16,19,22-23,25H,2-4,7,12-14H2,1H3/t19-,22?,23?/m0/s1. The van der Waals surface area contributed by atoms with Gasteiger partial charge in [-0.25, -0.2) is 0 Å². The molecule has 1 aliphatic rings. The van der Waals surface area contributed by atoms with Crippen LogP contribution in [-0.2, 0) is 6.42 Å². The highest BCUT2D eigenvalue weighted by Crippen LogP contribution is 2.45. The summed E-state index contributed by atoms with van der Waals surface area (Å²) in [7, 11) is 0. The molecule has 0 radical (unpaired) electrons. The van der Waals surface area contributed by atoms with Gasteiger partial charge in [0, 0.05) is 10.8 Å². The van der Waals surface area contributed by atoms with Gasteiger partial charge >= 0.3 is 0 Å². The van der Waals surface area contributed by atoms with E-state index in [2.05, 4.69) is 70.7 Å². The third-order valence-electron chi connectivity index (χ3n) is 5.49. The maximum Gasteiger partial charge on any atom is 0.0790 e. The molecule has 3 atom stereocenters. The second-order valence-corrected chi connectivity index (χ2v) is 9.31. The molecule has 1 aromatic carbocycles. The minimum absolute atomic E-state index is 0.326. The van der Waals surface area contributed by atoms with Crippen molar-refractivity contribution in [3.05, 3.63) is 68.3 Å². The number of aryl methyl sites for hydroxylation is 1. The van der Waals surface area contributed by atoms with Crippen molar-refractivity contribution in [1.82, 2.24) is 0 Å². The summed E-state index contributed by atoms with van der Waals surface area (Å²) in [4.78, 5) is 1.48. The molecule has 0 aliphatic heterocycles. The summed E-state index contributed by atoms with van der Waals surface area (Å²) < 4.78 is 1.32. The second-order valence-electron chi connectivity index (χ2n) is 7.36. The van der Waals surface area contributed by atoms with Crippen LogP contribution in [0.15, 0.2) is 52.3 Å². The van der Waals surface area contributed by atoms with Gasteiger partial charge in [-0.1, -0.05) is 78.5 Å². The molecule has 1 nitrogen and oxygen atoms in total. The summed E-state index contributed by atoms with van der Waals surface area (Å²) in [5.74, 6) is 1.12. The third-order valence-corrected chi connectivity index (χ3v) is 7.24. The Bertz CT molecular complexity index is 690. The van der Waals surface area contributed by atoms with Crippen molar-refractivity contribution in [3.8, 4) is 0 Å². The van der Waals surface area contributed by atoms with Crippen molar-refractivity contribution in [2.24, 2.45) is 5.92 Å². The molecule has 2 aromatic rings. The van der Waals surface area contributed by atoms with Gasteiger partial charge in [-0.3, -0.25) is 0 Å². The summed E-state index contributed by atoms with van der Waals surface area (Å²) in [5, 5.41) is 12.5. The quantitative estimate of drug-likeness (QED) is 0.409. The Labute approximate surface area is 170 Å². The third kappa shape index (κ3) is 5.09. The Balaban J connectivity index is 1.63. The van der Waals surface area contributed by atoms with Crippen molar-refractivity contribution in [1.29, 1.82) is 0 Å². The molecule has 1 aliphatic carbocycles. The monoisotopic (exact) mass is 432 g/mol. The second kappa shape index (κ2) is 9.87. The highest BCUT2D eigenvalue weighted by atomic mass is 79.9. The smallest absolute Gasteiger partial charge is 0.0790 e. The number of hydrogen-bond donors (Lipinski definition) is 1. The summed E-state index contributed by atoms with van der Waals surface area (Å²) in [6.45, 7) is 2.20. The predicted molar refractivity (Wildman–Crippen MR) is 116 cm³/mol. The topological polar surface area (TPSA) is 20.2 Å². The first-order valence-electron chi connectivity index (χ1n) is 9.85. The lowest BCUT2D eigenvalue weighted by atomic mass is 9.85. The molecule has 3 heteroatoms. The van der Waals surface area contributed by atoms with Gasteiger partial charge in [0.15, 0.2) is 0 Å². The number of rotatable bonds is 9. The van der Waals surface area contributed by atoms with E-state index in [1.165, 1.54) is 40.6 Å². The van der Waals surface area contributed by atoms with Crippen molar-refractivity contribution >= 4 is 27.3 Å². The number of thiophene rings is 1. The lowest BCUT2D eigenvalue weighted by molar-refractivity contribution is 0.163. The van der Waals surface area contributed by atoms with Gasteiger partial charge in [0.05, 0.1) is 6.10 Å². The molecule has 3 rings (SSSR count). The van der Waals surface area contributed by atoms with Crippen molar-refractivity contribution in [2.45, 2.75) is 63.9 Å². The minimum Gasteiger partial charge on any atom is -0.388 e. The highest BCUT2D eigenvalue weighted by Gasteiger charge is 2.29. The van der Waals surface area contributed by atoms with Crippen LogP contribution in [0.4, 0.5) is 0 Å². The first kappa shape index (κ1) is 19.9. The molecule has 0 bridgehead atoms. The van der Waals surface area contributed by atoms with Gasteiger partial charge in [-0.15, -0.1) is 11.3 Å². The van der Waals surface area contributed by atoms with E-state index in [0.29, 0.717) is 11.8 Å². The van der Waals surface area contributed by atoms with E-state index in [0.717, 1.165) is 24.8 Å². The summed E-state index contributed by atoms with van der Waals surface area (Å²) >= 11 is 5.67. The Morgan fingerprint density at radius 3 is 2.69 bits per heavy atom. The molecule has 0 saturated carbocycles. The van der Waals surface area contributed by atoms with Gasteiger partial charge in [-0.2, -0.15) is 0 Å². The number of allylic oxidation sites excluding steroid dienone is 2. The largest absolute Gasteiger partial charge is 0.388 e. The molecule has 26 heavy (non-hydrogen) atoms. The van der Waals surface area contributed by atoms with Crippen LogP contribution in [0, 0.1) is 5.92 Å². The van der Waals surface area contributed by atoms with Crippen LogP contribution in [-0.4, -0.2) is 5.11 Å². The van der Waals surface area contributed by atoms with Gasteiger partial charge in [0.25, 0.3) is 0 Å². The number of benzene rings is 1. The molecule has 0 amide bonds. The lowest BCUT2D eigenvalue weighted by Crippen LogP contribution is -2.09. The van der Waals surface area contributed by atoms with E-state index in [1.54, 1.807) is 0 Å². The summed E-state index contributed by atoms with van der Waals surface area (Å²) in [5.41, 5.74) is 2.42. The SMILES string of the molecule is CCCCCC(O)c1ccc(C2C(Br)=CC[C@@H]2CCc2cccs2)cc1. The maximum atomic E-state index is 10.4. The van der Waals surface area contributed by atoms with E-state index in [-0.39, 0.29) is 6.10 Å². The number of halogens is 1. The van der Waals surface area contributed by atoms with E-state index < -0.39 is 0 Å². The van der Waals surface area contributed by atoms with Crippen LogP contribution in [0.1, 0.15) is 73.5 Å². The van der Waals surface area contributed by atoms with E-state index >= 15 is 0 Å².